The quantitative estimate of drug-likeness (QED) is 0.404. The van der Waals surface area contributed by atoms with Gasteiger partial charge in [-0.05, 0) is 70.8 Å². The standard InChI is InChI=1S/C26H20O4S2/c1-18-25-16-21(31(27,28)19-8-4-2-5-9-19)12-14-23(25)24-15-13-22(17-26(18)24)32(29,30)20-10-6-3-7-11-20/h2-18H,1H3. The maximum atomic E-state index is 13.1. The van der Waals surface area contributed by atoms with Crippen molar-refractivity contribution in [1.29, 1.82) is 0 Å². The van der Waals surface area contributed by atoms with Gasteiger partial charge < -0.3 is 0 Å². The van der Waals surface area contributed by atoms with E-state index in [4.69, 9.17) is 0 Å². The molecule has 0 unspecified atom stereocenters. The Bertz CT molecular complexity index is 1420. The number of benzene rings is 4. The highest BCUT2D eigenvalue weighted by Gasteiger charge is 2.30. The predicted molar refractivity (Wildman–Crippen MR) is 123 cm³/mol. The molecule has 0 fully saturated rings. The topological polar surface area (TPSA) is 68.3 Å². The lowest BCUT2D eigenvalue weighted by molar-refractivity contribution is 0.594. The van der Waals surface area contributed by atoms with E-state index in [9.17, 15) is 16.8 Å². The van der Waals surface area contributed by atoms with Crippen LogP contribution in [0.3, 0.4) is 0 Å². The first-order valence-electron chi connectivity index (χ1n) is 10.2. The van der Waals surface area contributed by atoms with E-state index >= 15 is 0 Å². The molecule has 6 heteroatoms. The molecule has 4 aromatic rings. The molecule has 0 heterocycles. The van der Waals surface area contributed by atoms with Gasteiger partial charge in [0.25, 0.3) is 0 Å². The minimum atomic E-state index is -3.63. The fraction of sp³-hybridized carbons (Fsp3) is 0.0769. The average molecular weight is 461 g/mol. The van der Waals surface area contributed by atoms with E-state index in [-0.39, 0.29) is 25.5 Å². The molecule has 0 amide bonds. The van der Waals surface area contributed by atoms with Crippen LogP contribution < -0.4 is 0 Å². The molecular weight excluding hydrogens is 440 g/mol. The fourth-order valence-electron chi connectivity index (χ4n) is 4.26. The van der Waals surface area contributed by atoms with Crippen molar-refractivity contribution in [2.75, 3.05) is 0 Å². The zero-order valence-corrected chi connectivity index (χ0v) is 18.9. The summed E-state index contributed by atoms with van der Waals surface area (Å²) in [7, 11) is -7.27. The molecule has 0 saturated heterocycles. The van der Waals surface area contributed by atoms with Crippen molar-refractivity contribution < 1.29 is 16.8 Å². The third-order valence-corrected chi connectivity index (χ3v) is 9.53. The van der Waals surface area contributed by atoms with Crippen LogP contribution in [0.4, 0.5) is 0 Å². The van der Waals surface area contributed by atoms with Gasteiger partial charge in [-0.1, -0.05) is 55.5 Å². The molecule has 0 aromatic heterocycles. The summed E-state index contributed by atoms with van der Waals surface area (Å²) in [4.78, 5) is 0.970. The van der Waals surface area contributed by atoms with Crippen molar-refractivity contribution in [1.82, 2.24) is 0 Å². The Labute approximate surface area is 188 Å². The van der Waals surface area contributed by atoms with Crippen LogP contribution in [0.2, 0.25) is 0 Å². The van der Waals surface area contributed by atoms with Gasteiger partial charge in [-0.25, -0.2) is 16.8 Å². The second-order valence-electron chi connectivity index (χ2n) is 7.85. The van der Waals surface area contributed by atoms with Gasteiger partial charge in [-0.2, -0.15) is 0 Å². The second-order valence-corrected chi connectivity index (χ2v) is 11.8. The number of hydrogen-bond acceptors (Lipinski definition) is 4. The van der Waals surface area contributed by atoms with Crippen molar-refractivity contribution in [3.8, 4) is 11.1 Å². The van der Waals surface area contributed by atoms with Crippen LogP contribution in [-0.2, 0) is 19.7 Å². The first kappa shape index (κ1) is 20.7. The molecule has 0 bridgehead atoms. The van der Waals surface area contributed by atoms with E-state index in [1.165, 1.54) is 0 Å². The van der Waals surface area contributed by atoms with Gasteiger partial charge in [-0.15, -0.1) is 0 Å². The zero-order valence-electron chi connectivity index (χ0n) is 17.3. The van der Waals surface area contributed by atoms with E-state index in [0.717, 1.165) is 22.3 Å². The molecule has 0 saturated carbocycles. The van der Waals surface area contributed by atoms with E-state index in [1.54, 1.807) is 84.9 Å². The Hall–Kier alpha value is -3.22. The SMILES string of the molecule is CC1c2cc(S(=O)(=O)c3ccccc3)ccc2-c2ccc(S(=O)(=O)c3ccccc3)cc21. The first-order valence-corrected chi connectivity index (χ1v) is 13.2. The van der Waals surface area contributed by atoms with Crippen LogP contribution >= 0.6 is 0 Å². The summed E-state index contributed by atoms with van der Waals surface area (Å²) in [6.07, 6.45) is 0. The van der Waals surface area contributed by atoms with Crippen LogP contribution in [0, 0.1) is 0 Å². The molecule has 1 aliphatic rings. The molecule has 0 N–H and O–H groups in total. The minimum absolute atomic E-state index is 0.128. The van der Waals surface area contributed by atoms with Crippen LogP contribution in [0.1, 0.15) is 24.0 Å². The van der Waals surface area contributed by atoms with Gasteiger partial charge in [0.1, 0.15) is 0 Å². The Morgan fingerprint density at radius 1 is 0.500 bits per heavy atom. The minimum Gasteiger partial charge on any atom is -0.219 e. The predicted octanol–water partition coefficient (Wildman–Crippen LogP) is 5.48. The number of sulfone groups is 2. The average Bonchev–Trinajstić information content (AvgIpc) is 3.11. The number of fused-ring (bicyclic) bond motifs is 3. The van der Waals surface area contributed by atoms with E-state index in [0.29, 0.717) is 0 Å². The summed E-state index contributed by atoms with van der Waals surface area (Å²) in [6.45, 7) is 1.97. The molecule has 4 nitrogen and oxygen atoms in total. The Kier molecular flexibility index (Phi) is 4.80. The normalized spacial score (nSPS) is 13.5. The van der Waals surface area contributed by atoms with E-state index in [2.05, 4.69) is 0 Å². The third kappa shape index (κ3) is 3.18. The lowest BCUT2D eigenvalue weighted by atomic mass is 10.00. The van der Waals surface area contributed by atoms with Gasteiger partial charge >= 0.3 is 0 Å². The Morgan fingerprint density at radius 2 is 0.875 bits per heavy atom. The molecule has 0 aliphatic heterocycles. The lowest BCUT2D eigenvalue weighted by Crippen LogP contribution is -2.03. The number of rotatable bonds is 4. The van der Waals surface area contributed by atoms with E-state index in [1.807, 2.05) is 19.1 Å². The second kappa shape index (κ2) is 7.43. The van der Waals surface area contributed by atoms with Crippen molar-refractivity contribution in [3.63, 3.8) is 0 Å². The molecule has 5 rings (SSSR count). The van der Waals surface area contributed by atoms with Crippen LogP contribution in [0.5, 0.6) is 0 Å². The van der Waals surface area contributed by atoms with Crippen molar-refractivity contribution in [2.24, 2.45) is 0 Å². The molecular formula is C26H20O4S2. The van der Waals surface area contributed by atoms with Gasteiger partial charge in [0.2, 0.25) is 19.7 Å². The Balaban J connectivity index is 1.58. The molecule has 0 atom stereocenters. The van der Waals surface area contributed by atoms with Crippen LogP contribution in [-0.4, -0.2) is 16.8 Å². The third-order valence-electron chi connectivity index (χ3n) is 6.00. The first-order chi connectivity index (χ1) is 15.3. The maximum absolute atomic E-state index is 13.1. The van der Waals surface area contributed by atoms with E-state index < -0.39 is 19.7 Å². The fourth-order valence-corrected chi connectivity index (χ4v) is 6.90. The van der Waals surface area contributed by atoms with Crippen LogP contribution in [0.25, 0.3) is 11.1 Å². The smallest absolute Gasteiger partial charge is 0.206 e. The largest absolute Gasteiger partial charge is 0.219 e. The summed E-state index contributed by atoms with van der Waals surface area (Å²) >= 11 is 0. The van der Waals surface area contributed by atoms with Gasteiger partial charge in [0.05, 0.1) is 19.6 Å². The van der Waals surface area contributed by atoms with Crippen molar-refractivity contribution >= 4 is 19.7 Å². The molecule has 32 heavy (non-hydrogen) atoms. The molecule has 4 aromatic carbocycles. The van der Waals surface area contributed by atoms with Gasteiger partial charge in [-0.3, -0.25) is 0 Å². The summed E-state index contributed by atoms with van der Waals surface area (Å²) in [6, 6.07) is 27.0. The highest BCUT2D eigenvalue weighted by atomic mass is 32.2. The molecule has 1 aliphatic carbocycles. The Morgan fingerprint density at radius 3 is 1.25 bits per heavy atom. The van der Waals surface area contributed by atoms with Crippen molar-refractivity contribution in [3.05, 3.63) is 108 Å². The maximum Gasteiger partial charge on any atom is 0.206 e. The van der Waals surface area contributed by atoms with Crippen LogP contribution in [0.15, 0.2) is 117 Å². The molecule has 0 spiro atoms. The lowest BCUT2D eigenvalue weighted by Gasteiger charge is -2.10. The monoisotopic (exact) mass is 460 g/mol. The highest BCUT2D eigenvalue weighted by molar-refractivity contribution is 7.91. The number of hydrogen-bond donors (Lipinski definition) is 0. The highest BCUT2D eigenvalue weighted by Crippen LogP contribution is 2.46. The zero-order chi connectivity index (χ0) is 22.5. The summed E-state index contributed by atoms with van der Waals surface area (Å²) in [5.41, 5.74) is 3.63. The summed E-state index contributed by atoms with van der Waals surface area (Å²) in [5.74, 6) is -0.128. The van der Waals surface area contributed by atoms with Crippen molar-refractivity contribution in [2.45, 2.75) is 32.4 Å². The van der Waals surface area contributed by atoms with Gasteiger partial charge in [0, 0.05) is 5.92 Å². The molecule has 160 valence electrons. The summed E-state index contributed by atoms with van der Waals surface area (Å²) < 4.78 is 52.3. The van der Waals surface area contributed by atoms with Gasteiger partial charge in [0.15, 0.2) is 0 Å². The summed E-state index contributed by atoms with van der Waals surface area (Å²) in [5, 5.41) is 0. The molecule has 0 radical (unpaired) electrons.